The van der Waals surface area contributed by atoms with Crippen LogP contribution in [0.25, 0.3) is 0 Å². The smallest absolute Gasteiger partial charge is 0.311 e. The molecule has 1 aliphatic heterocycles. The fourth-order valence-corrected chi connectivity index (χ4v) is 2.19. The average Bonchev–Trinajstić information content (AvgIpc) is 2.89. The summed E-state index contributed by atoms with van der Waals surface area (Å²) >= 11 is 0. The Balaban J connectivity index is 2.25. The van der Waals surface area contributed by atoms with Gasteiger partial charge in [0.2, 0.25) is 11.8 Å². The Bertz CT molecular complexity index is 454. The van der Waals surface area contributed by atoms with E-state index in [-0.39, 0.29) is 12.6 Å². The number of hydrogen-bond donors (Lipinski definition) is 1. The zero-order valence-electron chi connectivity index (χ0n) is 10.9. The maximum absolute atomic E-state index is 11.2. The van der Waals surface area contributed by atoms with Gasteiger partial charge in [-0.3, -0.25) is 4.79 Å². The van der Waals surface area contributed by atoms with E-state index in [0.29, 0.717) is 25.0 Å². The SMILES string of the molecule is CCN(c1nccc(OC)n1)C1COCC1C(=O)O. The molecular formula is C12H17N3O4. The zero-order chi connectivity index (χ0) is 13.8. The molecule has 1 N–H and O–H groups in total. The first-order chi connectivity index (χ1) is 9.17. The number of nitrogens with zero attached hydrogens (tertiary/aromatic N) is 3. The zero-order valence-corrected chi connectivity index (χ0v) is 10.9. The Labute approximate surface area is 111 Å². The molecule has 1 aromatic rings. The van der Waals surface area contributed by atoms with Crippen LogP contribution in [0.1, 0.15) is 6.92 Å². The van der Waals surface area contributed by atoms with Crippen molar-refractivity contribution in [2.75, 3.05) is 31.8 Å². The molecule has 1 saturated heterocycles. The Morgan fingerprint density at radius 1 is 1.63 bits per heavy atom. The van der Waals surface area contributed by atoms with Crippen LogP contribution in [0.15, 0.2) is 12.3 Å². The van der Waals surface area contributed by atoms with E-state index in [0.717, 1.165) is 0 Å². The summed E-state index contributed by atoms with van der Waals surface area (Å²) in [5.41, 5.74) is 0. The highest BCUT2D eigenvalue weighted by Crippen LogP contribution is 2.24. The van der Waals surface area contributed by atoms with Crippen molar-refractivity contribution in [1.82, 2.24) is 9.97 Å². The monoisotopic (exact) mass is 267 g/mol. The number of likely N-dealkylation sites (N-methyl/N-ethyl adjacent to an activating group) is 1. The van der Waals surface area contributed by atoms with Crippen LogP contribution in [0, 0.1) is 5.92 Å². The van der Waals surface area contributed by atoms with Crippen LogP contribution in [0.5, 0.6) is 5.88 Å². The molecule has 2 atom stereocenters. The lowest BCUT2D eigenvalue weighted by atomic mass is 10.0. The lowest BCUT2D eigenvalue weighted by molar-refractivity contribution is -0.141. The predicted octanol–water partition coefficient (Wildman–Crippen LogP) is 0.411. The number of rotatable bonds is 5. The Kier molecular flexibility index (Phi) is 4.16. The van der Waals surface area contributed by atoms with Crippen molar-refractivity contribution >= 4 is 11.9 Å². The molecular weight excluding hydrogens is 250 g/mol. The van der Waals surface area contributed by atoms with E-state index in [1.54, 1.807) is 12.3 Å². The van der Waals surface area contributed by atoms with Crippen LogP contribution >= 0.6 is 0 Å². The molecule has 0 bridgehead atoms. The Morgan fingerprint density at radius 3 is 3.05 bits per heavy atom. The first-order valence-corrected chi connectivity index (χ1v) is 6.11. The van der Waals surface area contributed by atoms with Crippen LogP contribution in [-0.4, -0.2) is 54.0 Å². The van der Waals surface area contributed by atoms with Crippen molar-refractivity contribution in [3.8, 4) is 5.88 Å². The van der Waals surface area contributed by atoms with Crippen molar-refractivity contribution in [2.45, 2.75) is 13.0 Å². The third-order valence-corrected chi connectivity index (χ3v) is 3.19. The number of aliphatic carboxylic acids is 1. The third kappa shape index (κ3) is 2.76. The van der Waals surface area contributed by atoms with Crippen molar-refractivity contribution in [1.29, 1.82) is 0 Å². The van der Waals surface area contributed by atoms with E-state index in [4.69, 9.17) is 9.47 Å². The van der Waals surface area contributed by atoms with E-state index >= 15 is 0 Å². The molecule has 1 fully saturated rings. The number of carboxylic acid groups (broad SMARTS) is 1. The molecule has 2 heterocycles. The Morgan fingerprint density at radius 2 is 2.42 bits per heavy atom. The van der Waals surface area contributed by atoms with E-state index < -0.39 is 11.9 Å². The number of ether oxygens (including phenoxy) is 2. The molecule has 0 radical (unpaired) electrons. The predicted molar refractivity (Wildman–Crippen MR) is 67.3 cm³/mol. The van der Waals surface area contributed by atoms with Gasteiger partial charge >= 0.3 is 5.97 Å². The highest BCUT2D eigenvalue weighted by molar-refractivity contribution is 5.72. The minimum absolute atomic E-state index is 0.223. The summed E-state index contributed by atoms with van der Waals surface area (Å²) in [6.07, 6.45) is 1.59. The number of hydrogen-bond acceptors (Lipinski definition) is 6. The summed E-state index contributed by atoms with van der Waals surface area (Å²) in [5.74, 6) is -0.503. The van der Waals surface area contributed by atoms with Gasteiger partial charge in [-0.1, -0.05) is 0 Å². The van der Waals surface area contributed by atoms with Crippen LogP contribution in [0.3, 0.4) is 0 Å². The van der Waals surface area contributed by atoms with Crippen LogP contribution in [-0.2, 0) is 9.53 Å². The molecule has 0 amide bonds. The van der Waals surface area contributed by atoms with E-state index in [2.05, 4.69) is 9.97 Å². The van der Waals surface area contributed by atoms with Gasteiger partial charge in [0, 0.05) is 18.8 Å². The number of carboxylic acids is 1. The normalized spacial score (nSPS) is 22.2. The van der Waals surface area contributed by atoms with Crippen molar-refractivity contribution in [3.63, 3.8) is 0 Å². The molecule has 2 rings (SSSR count). The first-order valence-electron chi connectivity index (χ1n) is 6.11. The molecule has 1 aromatic heterocycles. The summed E-state index contributed by atoms with van der Waals surface area (Å²) in [6.45, 7) is 3.12. The van der Waals surface area contributed by atoms with Crippen LogP contribution in [0.4, 0.5) is 5.95 Å². The number of aromatic nitrogens is 2. The summed E-state index contributed by atoms with van der Waals surface area (Å²) in [4.78, 5) is 21.5. The standard InChI is InChI=1S/C12H17N3O4/c1-3-15(9-7-19-6-8(9)11(16)17)12-13-5-4-10(14-12)18-2/h4-5,8-9H,3,6-7H2,1-2H3,(H,16,17). The van der Waals surface area contributed by atoms with Gasteiger partial charge < -0.3 is 19.5 Å². The van der Waals surface area contributed by atoms with Gasteiger partial charge in [0.15, 0.2) is 0 Å². The lowest BCUT2D eigenvalue weighted by Gasteiger charge is -2.29. The number of anilines is 1. The first kappa shape index (κ1) is 13.5. The van der Waals surface area contributed by atoms with Gasteiger partial charge in [0.05, 0.1) is 26.4 Å². The quantitative estimate of drug-likeness (QED) is 0.827. The number of methoxy groups -OCH3 is 1. The van der Waals surface area contributed by atoms with Gasteiger partial charge in [-0.25, -0.2) is 4.98 Å². The molecule has 0 saturated carbocycles. The molecule has 0 aliphatic carbocycles. The summed E-state index contributed by atoms with van der Waals surface area (Å²) in [7, 11) is 1.53. The van der Waals surface area contributed by atoms with E-state index in [1.807, 2.05) is 11.8 Å². The molecule has 0 aromatic carbocycles. The maximum atomic E-state index is 11.2. The third-order valence-electron chi connectivity index (χ3n) is 3.19. The van der Waals surface area contributed by atoms with Crippen LogP contribution < -0.4 is 9.64 Å². The molecule has 7 heteroatoms. The number of carbonyl (C=O) groups is 1. The fraction of sp³-hybridized carbons (Fsp3) is 0.583. The fourth-order valence-electron chi connectivity index (χ4n) is 2.19. The van der Waals surface area contributed by atoms with Gasteiger partial charge in [-0.2, -0.15) is 4.98 Å². The molecule has 19 heavy (non-hydrogen) atoms. The highest BCUT2D eigenvalue weighted by Gasteiger charge is 2.38. The molecule has 0 spiro atoms. The van der Waals surface area contributed by atoms with Gasteiger partial charge in [-0.15, -0.1) is 0 Å². The van der Waals surface area contributed by atoms with Crippen molar-refractivity contribution in [3.05, 3.63) is 12.3 Å². The van der Waals surface area contributed by atoms with Crippen LogP contribution in [0.2, 0.25) is 0 Å². The maximum Gasteiger partial charge on any atom is 0.311 e. The topological polar surface area (TPSA) is 84.8 Å². The minimum Gasteiger partial charge on any atom is -0.481 e. The van der Waals surface area contributed by atoms with Crippen molar-refractivity contribution in [2.24, 2.45) is 5.92 Å². The summed E-state index contributed by atoms with van der Waals surface area (Å²) in [6, 6.07) is 1.39. The summed E-state index contributed by atoms with van der Waals surface area (Å²) in [5, 5.41) is 9.20. The van der Waals surface area contributed by atoms with E-state index in [9.17, 15) is 9.90 Å². The van der Waals surface area contributed by atoms with Crippen molar-refractivity contribution < 1.29 is 19.4 Å². The highest BCUT2D eigenvalue weighted by atomic mass is 16.5. The molecule has 104 valence electrons. The lowest BCUT2D eigenvalue weighted by Crippen LogP contribution is -2.44. The second-order valence-corrected chi connectivity index (χ2v) is 4.23. The molecule has 2 unspecified atom stereocenters. The molecule has 1 aliphatic rings. The largest absolute Gasteiger partial charge is 0.481 e. The Hall–Kier alpha value is -1.89. The second kappa shape index (κ2) is 5.83. The minimum atomic E-state index is -0.858. The molecule has 7 nitrogen and oxygen atoms in total. The van der Waals surface area contributed by atoms with E-state index in [1.165, 1.54) is 7.11 Å². The van der Waals surface area contributed by atoms with Gasteiger partial charge in [0.25, 0.3) is 0 Å². The average molecular weight is 267 g/mol. The summed E-state index contributed by atoms with van der Waals surface area (Å²) < 4.78 is 10.3. The van der Waals surface area contributed by atoms with Gasteiger partial charge in [0.1, 0.15) is 5.92 Å². The second-order valence-electron chi connectivity index (χ2n) is 4.23. The van der Waals surface area contributed by atoms with Gasteiger partial charge in [-0.05, 0) is 6.92 Å².